The van der Waals surface area contributed by atoms with E-state index in [0.717, 1.165) is 16.8 Å². The molecular formula is C12H10ClN5OS. The van der Waals surface area contributed by atoms with Gasteiger partial charge in [-0.1, -0.05) is 0 Å². The van der Waals surface area contributed by atoms with E-state index in [4.69, 9.17) is 22.1 Å². The third kappa shape index (κ3) is 2.50. The number of nitrogen functional groups attached to an aromatic ring is 1. The van der Waals surface area contributed by atoms with Gasteiger partial charge in [0.2, 0.25) is 5.28 Å². The van der Waals surface area contributed by atoms with Gasteiger partial charge in [-0.25, -0.2) is 15.0 Å². The molecule has 102 valence electrons. The van der Waals surface area contributed by atoms with Crippen molar-refractivity contribution in [3.05, 3.63) is 29.7 Å². The largest absolute Gasteiger partial charge is 0.497 e. The van der Waals surface area contributed by atoms with E-state index < -0.39 is 0 Å². The number of methoxy groups -OCH3 is 1. The molecule has 8 heteroatoms. The van der Waals surface area contributed by atoms with Gasteiger partial charge in [0.25, 0.3) is 0 Å². The van der Waals surface area contributed by atoms with E-state index in [1.54, 1.807) is 7.11 Å². The van der Waals surface area contributed by atoms with Crippen molar-refractivity contribution in [2.45, 2.75) is 10.2 Å². The molecule has 0 aliphatic heterocycles. The molecule has 3 N–H and O–H groups in total. The lowest BCUT2D eigenvalue weighted by Gasteiger charge is -2.00. The van der Waals surface area contributed by atoms with Gasteiger partial charge in [0, 0.05) is 6.07 Å². The highest BCUT2D eigenvalue weighted by Crippen LogP contribution is 2.30. The Kier molecular flexibility index (Phi) is 3.37. The van der Waals surface area contributed by atoms with Crippen LogP contribution in [0.3, 0.4) is 0 Å². The second kappa shape index (κ2) is 5.18. The van der Waals surface area contributed by atoms with Crippen molar-refractivity contribution >= 4 is 40.1 Å². The van der Waals surface area contributed by atoms with Crippen LogP contribution in [0.15, 0.2) is 34.6 Å². The van der Waals surface area contributed by atoms with Gasteiger partial charge in [-0.2, -0.15) is 0 Å². The number of nitrogens with two attached hydrogens (primary N) is 1. The summed E-state index contributed by atoms with van der Waals surface area (Å²) in [5.41, 5.74) is 7.99. The zero-order valence-corrected chi connectivity index (χ0v) is 12.0. The molecule has 0 aliphatic rings. The number of aromatic nitrogens is 4. The lowest BCUT2D eigenvalue weighted by Crippen LogP contribution is -1.94. The Balaban J connectivity index is 1.96. The lowest BCUT2D eigenvalue weighted by atomic mass is 10.3. The van der Waals surface area contributed by atoms with Crippen LogP contribution in [0.1, 0.15) is 0 Å². The van der Waals surface area contributed by atoms with Crippen molar-refractivity contribution in [1.29, 1.82) is 0 Å². The van der Waals surface area contributed by atoms with Gasteiger partial charge in [-0.3, -0.25) is 0 Å². The van der Waals surface area contributed by atoms with Crippen LogP contribution >= 0.6 is 23.4 Å². The van der Waals surface area contributed by atoms with E-state index in [1.165, 1.54) is 18.0 Å². The normalized spacial score (nSPS) is 10.9. The molecule has 0 radical (unpaired) electrons. The fourth-order valence-electron chi connectivity index (χ4n) is 1.67. The first-order valence-electron chi connectivity index (χ1n) is 5.65. The van der Waals surface area contributed by atoms with Gasteiger partial charge in [0.15, 0.2) is 5.16 Å². The molecule has 0 aliphatic carbocycles. The van der Waals surface area contributed by atoms with Gasteiger partial charge in [0.05, 0.1) is 30.0 Å². The number of imidazole rings is 1. The summed E-state index contributed by atoms with van der Waals surface area (Å²) in [6.07, 6.45) is 1.48. The molecule has 0 saturated heterocycles. The highest BCUT2D eigenvalue weighted by molar-refractivity contribution is 7.99. The number of fused-ring (bicyclic) bond motifs is 1. The third-order valence-corrected chi connectivity index (χ3v) is 3.70. The zero-order valence-electron chi connectivity index (χ0n) is 10.4. The molecule has 0 atom stereocenters. The van der Waals surface area contributed by atoms with Crippen LogP contribution in [-0.2, 0) is 0 Å². The second-order valence-electron chi connectivity index (χ2n) is 3.93. The quantitative estimate of drug-likeness (QED) is 0.571. The van der Waals surface area contributed by atoms with Crippen LogP contribution in [0.4, 0.5) is 5.69 Å². The van der Waals surface area contributed by atoms with Crippen LogP contribution in [0.2, 0.25) is 5.28 Å². The molecular weight excluding hydrogens is 298 g/mol. The second-order valence-corrected chi connectivity index (χ2v) is 5.24. The Hall–Kier alpha value is -1.99. The topological polar surface area (TPSA) is 89.7 Å². The number of aromatic amines is 1. The van der Waals surface area contributed by atoms with E-state index in [0.29, 0.717) is 15.9 Å². The first kappa shape index (κ1) is 13.0. The highest BCUT2D eigenvalue weighted by atomic mass is 35.5. The van der Waals surface area contributed by atoms with Crippen LogP contribution in [0.25, 0.3) is 11.0 Å². The van der Waals surface area contributed by atoms with Crippen LogP contribution in [0.5, 0.6) is 5.75 Å². The van der Waals surface area contributed by atoms with Crippen molar-refractivity contribution in [1.82, 2.24) is 19.9 Å². The Morgan fingerprint density at radius 1 is 1.35 bits per heavy atom. The molecule has 2 heterocycles. The van der Waals surface area contributed by atoms with E-state index in [9.17, 15) is 0 Å². The summed E-state index contributed by atoms with van der Waals surface area (Å²) in [7, 11) is 1.62. The molecule has 0 bridgehead atoms. The average molecular weight is 308 g/mol. The van der Waals surface area contributed by atoms with Gasteiger partial charge < -0.3 is 15.5 Å². The molecule has 0 saturated carbocycles. The highest BCUT2D eigenvalue weighted by Gasteiger charge is 2.10. The summed E-state index contributed by atoms with van der Waals surface area (Å²) < 4.78 is 5.17. The molecule has 0 fully saturated rings. The molecule has 1 aromatic carbocycles. The van der Waals surface area contributed by atoms with Crippen molar-refractivity contribution in [2.75, 3.05) is 12.8 Å². The van der Waals surface area contributed by atoms with Crippen LogP contribution in [0, 0.1) is 0 Å². The Morgan fingerprint density at radius 3 is 3.00 bits per heavy atom. The maximum absolute atomic E-state index is 5.81. The van der Waals surface area contributed by atoms with Gasteiger partial charge in [-0.05, 0) is 35.5 Å². The van der Waals surface area contributed by atoms with Gasteiger partial charge in [-0.15, -0.1) is 0 Å². The molecule has 3 rings (SSSR count). The minimum Gasteiger partial charge on any atom is -0.497 e. The number of anilines is 1. The van der Waals surface area contributed by atoms with Crippen LogP contribution < -0.4 is 10.5 Å². The Morgan fingerprint density at radius 2 is 2.20 bits per heavy atom. The van der Waals surface area contributed by atoms with Crippen molar-refractivity contribution in [2.24, 2.45) is 0 Å². The number of halogens is 1. The van der Waals surface area contributed by atoms with Crippen molar-refractivity contribution in [3.8, 4) is 5.75 Å². The van der Waals surface area contributed by atoms with E-state index in [2.05, 4.69) is 19.9 Å². The number of hydrogen-bond donors (Lipinski definition) is 2. The van der Waals surface area contributed by atoms with Gasteiger partial charge >= 0.3 is 0 Å². The molecule has 0 amide bonds. The minimum atomic E-state index is 0.152. The maximum atomic E-state index is 5.81. The van der Waals surface area contributed by atoms with Gasteiger partial charge in [0.1, 0.15) is 10.8 Å². The summed E-state index contributed by atoms with van der Waals surface area (Å²) in [6.45, 7) is 0. The molecule has 0 unspecified atom stereocenters. The van der Waals surface area contributed by atoms with Crippen molar-refractivity contribution in [3.63, 3.8) is 0 Å². The molecule has 6 nitrogen and oxygen atoms in total. The third-order valence-electron chi connectivity index (χ3n) is 2.61. The van der Waals surface area contributed by atoms with E-state index in [1.807, 2.05) is 18.2 Å². The summed E-state index contributed by atoms with van der Waals surface area (Å²) in [6, 6.07) is 5.61. The monoisotopic (exact) mass is 307 g/mol. The smallest absolute Gasteiger partial charge is 0.223 e. The molecule has 0 spiro atoms. The van der Waals surface area contributed by atoms with E-state index >= 15 is 0 Å². The summed E-state index contributed by atoms with van der Waals surface area (Å²) in [4.78, 5) is 15.5. The summed E-state index contributed by atoms with van der Waals surface area (Å²) >= 11 is 7.06. The summed E-state index contributed by atoms with van der Waals surface area (Å²) in [5, 5.41) is 1.39. The molecule has 2 aromatic heterocycles. The predicted molar refractivity (Wildman–Crippen MR) is 78.2 cm³/mol. The van der Waals surface area contributed by atoms with Crippen LogP contribution in [-0.4, -0.2) is 27.0 Å². The number of ether oxygens (including phenoxy) is 1. The lowest BCUT2D eigenvalue weighted by molar-refractivity contribution is 0.415. The molecule has 3 aromatic rings. The first-order chi connectivity index (χ1) is 9.65. The number of hydrogen-bond acceptors (Lipinski definition) is 6. The average Bonchev–Trinajstić information content (AvgIpc) is 2.84. The number of nitrogens with zero attached hydrogens (tertiary/aromatic N) is 3. The Bertz CT molecular complexity index is 776. The molecule has 20 heavy (non-hydrogen) atoms. The fourth-order valence-corrected chi connectivity index (χ4v) is 2.64. The zero-order chi connectivity index (χ0) is 14.1. The first-order valence-corrected chi connectivity index (χ1v) is 6.85. The van der Waals surface area contributed by atoms with E-state index in [-0.39, 0.29) is 5.28 Å². The number of H-pyrrole nitrogens is 1. The maximum Gasteiger partial charge on any atom is 0.223 e. The standard InChI is InChI=1S/C12H10ClN5OS/c1-19-6-2-3-8-9(4-6)17-12(16-8)20-10-7(14)5-15-11(13)18-10/h2-5H,14H2,1H3,(H,16,17). The number of rotatable bonds is 3. The number of nitrogens with one attached hydrogen (secondary N) is 1. The number of benzene rings is 1. The SMILES string of the molecule is COc1ccc2nc(Sc3nc(Cl)ncc3N)[nH]c2c1. The summed E-state index contributed by atoms with van der Waals surface area (Å²) in [5.74, 6) is 0.766. The predicted octanol–water partition coefficient (Wildman–Crippen LogP) is 2.75. The fraction of sp³-hybridized carbons (Fsp3) is 0.0833. The van der Waals surface area contributed by atoms with Crippen molar-refractivity contribution < 1.29 is 4.74 Å². The minimum absolute atomic E-state index is 0.152. The Labute approximate surface area is 123 Å².